The zero-order valence-corrected chi connectivity index (χ0v) is 7.82. The van der Waals surface area contributed by atoms with Gasteiger partial charge < -0.3 is 5.32 Å². The van der Waals surface area contributed by atoms with Crippen LogP contribution in [0.1, 0.15) is 25.7 Å². The Morgan fingerprint density at radius 1 is 1.27 bits per heavy atom. The van der Waals surface area contributed by atoms with Gasteiger partial charge in [0.1, 0.15) is 11.0 Å². The van der Waals surface area contributed by atoms with Crippen molar-refractivity contribution in [2.45, 2.75) is 37.4 Å². The first-order chi connectivity index (χ1) is 6.85. The highest BCUT2D eigenvalue weighted by Gasteiger charge is 2.66. The standard InChI is InChI=1S/C9H9F3N2O/c10-9(11,12)8(3-4-8)14-6(15)7(5-13)1-2-7/h1-4H2,(H,14,15). The third-order valence-electron chi connectivity index (χ3n) is 3.04. The van der Waals surface area contributed by atoms with Crippen LogP contribution in [-0.4, -0.2) is 17.6 Å². The SMILES string of the molecule is N#CC1(C(=O)NC2(C(F)(F)F)CC2)CC1. The van der Waals surface area contributed by atoms with Crippen molar-refractivity contribution in [3.63, 3.8) is 0 Å². The van der Waals surface area contributed by atoms with Crippen molar-refractivity contribution in [3.8, 4) is 6.07 Å². The van der Waals surface area contributed by atoms with E-state index in [1.165, 1.54) is 0 Å². The van der Waals surface area contributed by atoms with E-state index in [1.807, 2.05) is 5.32 Å². The zero-order chi connectivity index (χ0) is 11.3. The highest BCUT2D eigenvalue weighted by molar-refractivity contribution is 5.89. The number of amides is 1. The molecule has 82 valence electrons. The molecule has 0 unspecified atom stereocenters. The van der Waals surface area contributed by atoms with E-state index in [2.05, 4.69) is 0 Å². The van der Waals surface area contributed by atoms with Crippen LogP contribution in [0.25, 0.3) is 0 Å². The first kappa shape index (κ1) is 10.3. The van der Waals surface area contributed by atoms with Gasteiger partial charge in [0.25, 0.3) is 0 Å². The Balaban J connectivity index is 2.05. The van der Waals surface area contributed by atoms with Gasteiger partial charge in [-0.05, 0) is 25.7 Å². The number of carbonyl (C=O) groups excluding carboxylic acids is 1. The summed E-state index contributed by atoms with van der Waals surface area (Å²) in [6, 6.07) is 1.77. The molecule has 0 spiro atoms. The molecule has 0 heterocycles. The van der Waals surface area contributed by atoms with Crippen LogP contribution in [0.4, 0.5) is 13.2 Å². The third kappa shape index (κ3) is 1.46. The molecule has 2 fully saturated rings. The smallest absolute Gasteiger partial charge is 0.341 e. The first-order valence-electron chi connectivity index (χ1n) is 4.66. The van der Waals surface area contributed by atoms with E-state index in [4.69, 9.17) is 5.26 Å². The summed E-state index contributed by atoms with van der Waals surface area (Å²) in [5.41, 5.74) is -3.22. The molecule has 0 bridgehead atoms. The monoisotopic (exact) mass is 218 g/mol. The zero-order valence-electron chi connectivity index (χ0n) is 7.82. The second-order valence-electron chi connectivity index (χ2n) is 4.23. The summed E-state index contributed by atoms with van der Waals surface area (Å²) >= 11 is 0. The Kier molecular flexibility index (Phi) is 1.82. The van der Waals surface area contributed by atoms with E-state index < -0.39 is 23.0 Å². The van der Waals surface area contributed by atoms with E-state index >= 15 is 0 Å². The van der Waals surface area contributed by atoms with Crippen molar-refractivity contribution in [1.82, 2.24) is 5.32 Å². The molecule has 6 heteroatoms. The Hall–Kier alpha value is -1.25. The maximum absolute atomic E-state index is 12.5. The highest BCUT2D eigenvalue weighted by Crippen LogP contribution is 2.51. The predicted octanol–water partition coefficient (Wildman–Crippen LogP) is 1.50. The lowest BCUT2D eigenvalue weighted by Crippen LogP contribution is -2.50. The number of rotatable bonds is 2. The van der Waals surface area contributed by atoms with E-state index in [-0.39, 0.29) is 12.8 Å². The number of halogens is 3. The summed E-state index contributed by atoms with van der Waals surface area (Å²) in [4.78, 5) is 11.4. The van der Waals surface area contributed by atoms with Crippen LogP contribution in [0.3, 0.4) is 0 Å². The van der Waals surface area contributed by atoms with Crippen LogP contribution in [0, 0.1) is 16.7 Å². The van der Waals surface area contributed by atoms with Gasteiger partial charge in [-0.2, -0.15) is 18.4 Å². The van der Waals surface area contributed by atoms with E-state index in [9.17, 15) is 18.0 Å². The molecule has 3 nitrogen and oxygen atoms in total. The number of hydrogen-bond donors (Lipinski definition) is 1. The molecule has 1 amide bonds. The summed E-state index contributed by atoms with van der Waals surface area (Å²) in [5, 5.41) is 10.6. The van der Waals surface area contributed by atoms with Gasteiger partial charge in [0.15, 0.2) is 0 Å². The van der Waals surface area contributed by atoms with Crippen LogP contribution < -0.4 is 5.32 Å². The van der Waals surface area contributed by atoms with Crippen LogP contribution in [0.5, 0.6) is 0 Å². The van der Waals surface area contributed by atoms with Crippen LogP contribution in [0.15, 0.2) is 0 Å². The molecule has 2 rings (SSSR count). The lowest BCUT2D eigenvalue weighted by Gasteiger charge is -2.21. The fourth-order valence-electron chi connectivity index (χ4n) is 1.46. The highest BCUT2D eigenvalue weighted by atomic mass is 19.4. The normalized spacial score (nSPS) is 25.2. The molecular weight excluding hydrogens is 209 g/mol. The van der Waals surface area contributed by atoms with Gasteiger partial charge in [-0.15, -0.1) is 0 Å². The molecule has 0 atom stereocenters. The van der Waals surface area contributed by atoms with Gasteiger partial charge in [-0.1, -0.05) is 0 Å². The summed E-state index contributed by atoms with van der Waals surface area (Å²) in [6.07, 6.45) is -3.84. The molecule has 2 aliphatic carbocycles. The average Bonchev–Trinajstić information content (AvgIpc) is 2.98. The van der Waals surface area contributed by atoms with Gasteiger partial charge in [-0.25, -0.2) is 0 Å². The molecule has 0 aliphatic heterocycles. The summed E-state index contributed by atoms with van der Waals surface area (Å²) in [7, 11) is 0. The number of carbonyl (C=O) groups is 1. The summed E-state index contributed by atoms with van der Waals surface area (Å²) in [6.45, 7) is 0. The first-order valence-corrected chi connectivity index (χ1v) is 4.66. The van der Waals surface area contributed by atoms with Crippen LogP contribution in [0.2, 0.25) is 0 Å². The van der Waals surface area contributed by atoms with Crippen LogP contribution >= 0.6 is 0 Å². The molecule has 0 radical (unpaired) electrons. The predicted molar refractivity (Wildman–Crippen MR) is 43.4 cm³/mol. The van der Waals surface area contributed by atoms with E-state index in [0.717, 1.165) is 0 Å². The molecule has 0 aromatic carbocycles. The minimum absolute atomic E-state index is 0.0796. The molecule has 1 N–H and O–H groups in total. The average molecular weight is 218 g/mol. The van der Waals surface area contributed by atoms with Gasteiger partial charge in [0.2, 0.25) is 5.91 Å². The van der Waals surface area contributed by atoms with Crippen molar-refractivity contribution >= 4 is 5.91 Å². The van der Waals surface area contributed by atoms with Gasteiger partial charge in [-0.3, -0.25) is 4.79 Å². The topological polar surface area (TPSA) is 52.9 Å². The minimum Gasteiger partial charge on any atom is -0.341 e. The number of nitriles is 1. The fraction of sp³-hybridized carbons (Fsp3) is 0.778. The van der Waals surface area contributed by atoms with Gasteiger partial charge in [0, 0.05) is 0 Å². The molecule has 2 saturated carbocycles. The largest absolute Gasteiger partial charge is 0.411 e. The van der Waals surface area contributed by atoms with E-state index in [0.29, 0.717) is 12.8 Å². The lowest BCUT2D eigenvalue weighted by atomic mass is 10.1. The fourth-order valence-corrected chi connectivity index (χ4v) is 1.46. The van der Waals surface area contributed by atoms with Crippen molar-refractivity contribution in [1.29, 1.82) is 5.26 Å². The third-order valence-corrected chi connectivity index (χ3v) is 3.04. The summed E-state index contributed by atoms with van der Waals surface area (Å²) < 4.78 is 37.4. The van der Waals surface area contributed by atoms with Crippen molar-refractivity contribution in [2.24, 2.45) is 5.41 Å². The molecule has 0 saturated heterocycles. The maximum Gasteiger partial charge on any atom is 0.411 e. The van der Waals surface area contributed by atoms with Gasteiger partial charge >= 0.3 is 6.18 Å². The summed E-state index contributed by atoms with van der Waals surface area (Å²) in [5.74, 6) is -0.764. The maximum atomic E-state index is 12.5. The lowest BCUT2D eigenvalue weighted by molar-refractivity contribution is -0.171. The Morgan fingerprint density at radius 3 is 2.07 bits per heavy atom. The minimum atomic E-state index is -4.41. The van der Waals surface area contributed by atoms with E-state index in [1.54, 1.807) is 6.07 Å². The molecule has 15 heavy (non-hydrogen) atoms. The Morgan fingerprint density at radius 2 is 1.80 bits per heavy atom. The van der Waals surface area contributed by atoms with Crippen molar-refractivity contribution < 1.29 is 18.0 Å². The second-order valence-corrected chi connectivity index (χ2v) is 4.23. The number of nitrogens with one attached hydrogen (secondary N) is 1. The Labute approximate surface area is 84.2 Å². The molecule has 0 aromatic rings. The van der Waals surface area contributed by atoms with Crippen LogP contribution in [-0.2, 0) is 4.79 Å². The number of nitrogens with zero attached hydrogens (tertiary/aromatic N) is 1. The van der Waals surface area contributed by atoms with Gasteiger partial charge in [0.05, 0.1) is 6.07 Å². The number of hydrogen-bond acceptors (Lipinski definition) is 2. The molecule has 0 aromatic heterocycles. The molecular formula is C9H9F3N2O. The Bertz CT molecular complexity index is 347. The quantitative estimate of drug-likeness (QED) is 0.763. The van der Waals surface area contributed by atoms with Crippen molar-refractivity contribution in [3.05, 3.63) is 0 Å². The second kappa shape index (κ2) is 2.65. The molecule has 2 aliphatic rings. The number of alkyl halides is 3. The van der Waals surface area contributed by atoms with Crippen molar-refractivity contribution in [2.75, 3.05) is 0 Å².